The summed E-state index contributed by atoms with van der Waals surface area (Å²) >= 11 is 5.94. The average molecular weight is 406 g/mol. The molecule has 0 aliphatic heterocycles. The molecule has 0 bridgehead atoms. The molecule has 2 heterocycles. The van der Waals surface area contributed by atoms with Gasteiger partial charge in [0.1, 0.15) is 17.2 Å². The van der Waals surface area contributed by atoms with Crippen LogP contribution in [0.5, 0.6) is 0 Å². The summed E-state index contributed by atoms with van der Waals surface area (Å²) in [5, 5.41) is 3.17. The molecule has 0 aliphatic rings. The van der Waals surface area contributed by atoms with Gasteiger partial charge in [0.05, 0.1) is 12.1 Å². The predicted molar refractivity (Wildman–Crippen MR) is 108 cm³/mol. The normalized spacial score (nSPS) is 11.8. The number of nitrogens with zero attached hydrogens (tertiary/aromatic N) is 2. The van der Waals surface area contributed by atoms with E-state index in [1.54, 1.807) is 17.6 Å². The Kier molecular flexibility index (Phi) is 5.44. The highest BCUT2D eigenvalue weighted by Gasteiger charge is 2.19. The highest BCUT2D eigenvalue weighted by Crippen LogP contribution is 2.27. The fourth-order valence-electron chi connectivity index (χ4n) is 3.02. The first-order valence-corrected chi connectivity index (χ1v) is 9.31. The highest BCUT2D eigenvalue weighted by molar-refractivity contribution is 6.30. The van der Waals surface area contributed by atoms with E-state index in [1.807, 2.05) is 20.8 Å². The van der Waals surface area contributed by atoms with Crippen LogP contribution in [0.1, 0.15) is 38.3 Å². The molecule has 0 radical (unpaired) electrons. The van der Waals surface area contributed by atoms with Crippen LogP contribution in [0.15, 0.2) is 30.5 Å². The van der Waals surface area contributed by atoms with Gasteiger partial charge < -0.3 is 9.88 Å². The SMILES string of the molecule is Cc1cc2c(nc1NC(=O)CC(C)(C)C)c(F)cn2Cc1cc(Cl)ccc1F. The minimum atomic E-state index is -0.538. The monoisotopic (exact) mass is 405 g/mol. The van der Waals surface area contributed by atoms with E-state index in [4.69, 9.17) is 11.6 Å². The Bertz CT molecular complexity index is 1050. The number of carbonyl (C=O) groups excluding carboxylic acids is 1. The van der Waals surface area contributed by atoms with Crippen LogP contribution in [0.3, 0.4) is 0 Å². The molecule has 0 fully saturated rings. The lowest BCUT2D eigenvalue weighted by Crippen LogP contribution is -2.20. The molecule has 0 spiro atoms. The minimum absolute atomic E-state index is 0.115. The molecule has 148 valence electrons. The molecule has 2 aromatic heterocycles. The summed E-state index contributed by atoms with van der Waals surface area (Å²) in [6, 6.07) is 6.00. The van der Waals surface area contributed by atoms with Crippen molar-refractivity contribution in [2.45, 2.75) is 40.7 Å². The van der Waals surface area contributed by atoms with Gasteiger partial charge in [-0.1, -0.05) is 32.4 Å². The molecule has 7 heteroatoms. The summed E-state index contributed by atoms with van der Waals surface area (Å²) in [7, 11) is 0. The van der Waals surface area contributed by atoms with E-state index in [0.717, 1.165) is 0 Å². The number of benzene rings is 1. The first-order valence-electron chi connectivity index (χ1n) is 8.93. The summed E-state index contributed by atoms with van der Waals surface area (Å²) < 4.78 is 30.1. The van der Waals surface area contributed by atoms with Gasteiger partial charge in [-0.05, 0) is 42.2 Å². The van der Waals surface area contributed by atoms with Crippen molar-refractivity contribution in [3.8, 4) is 0 Å². The number of rotatable bonds is 4. The fourth-order valence-corrected chi connectivity index (χ4v) is 3.22. The van der Waals surface area contributed by atoms with Crippen molar-refractivity contribution in [3.63, 3.8) is 0 Å². The molecule has 0 saturated carbocycles. The van der Waals surface area contributed by atoms with Gasteiger partial charge in [-0.25, -0.2) is 13.8 Å². The highest BCUT2D eigenvalue weighted by atomic mass is 35.5. The van der Waals surface area contributed by atoms with Gasteiger partial charge in [0.2, 0.25) is 5.91 Å². The van der Waals surface area contributed by atoms with Crippen LogP contribution in [-0.4, -0.2) is 15.5 Å². The lowest BCUT2D eigenvalue weighted by Gasteiger charge is -2.17. The Labute approximate surface area is 167 Å². The van der Waals surface area contributed by atoms with Crippen molar-refractivity contribution in [1.82, 2.24) is 9.55 Å². The zero-order valence-corrected chi connectivity index (χ0v) is 17.0. The topological polar surface area (TPSA) is 46.9 Å². The molecule has 4 nitrogen and oxygen atoms in total. The molecule has 0 aliphatic carbocycles. The van der Waals surface area contributed by atoms with E-state index in [1.165, 1.54) is 24.4 Å². The van der Waals surface area contributed by atoms with Crippen molar-refractivity contribution in [2.24, 2.45) is 5.41 Å². The second-order valence-corrected chi connectivity index (χ2v) is 8.58. The molecular weight excluding hydrogens is 384 g/mol. The fraction of sp³-hybridized carbons (Fsp3) is 0.333. The van der Waals surface area contributed by atoms with Gasteiger partial charge in [-0.2, -0.15) is 0 Å². The first-order chi connectivity index (χ1) is 13.0. The van der Waals surface area contributed by atoms with Gasteiger partial charge in [-0.3, -0.25) is 4.79 Å². The number of amides is 1. The van der Waals surface area contributed by atoms with Crippen molar-refractivity contribution in [3.05, 3.63) is 58.2 Å². The lowest BCUT2D eigenvalue weighted by molar-refractivity contribution is -0.117. The second kappa shape index (κ2) is 7.51. The number of nitrogens with one attached hydrogen (secondary N) is 1. The van der Waals surface area contributed by atoms with Gasteiger partial charge >= 0.3 is 0 Å². The summed E-state index contributed by atoms with van der Waals surface area (Å²) in [5.74, 6) is -0.804. The average Bonchev–Trinajstić information content (AvgIpc) is 2.85. The van der Waals surface area contributed by atoms with Crippen molar-refractivity contribution < 1.29 is 13.6 Å². The molecule has 0 unspecified atom stereocenters. The number of aryl methyl sites for hydroxylation is 1. The third kappa shape index (κ3) is 4.50. The van der Waals surface area contributed by atoms with E-state index in [-0.39, 0.29) is 23.4 Å². The van der Waals surface area contributed by atoms with Gasteiger partial charge in [-0.15, -0.1) is 0 Å². The van der Waals surface area contributed by atoms with Crippen LogP contribution in [-0.2, 0) is 11.3 Å². The van der Waals surface area contributed by atoms with E-state index in [9.17, 15) is 13.6 Å². The number of hydrogen-bond acceptors (Lipinski definition) is 2. The third-order valence-electron chi connectivity index (χ3n) is 4.29. The van der Waals surface area contributed by atoms with Crippen LogP contribution in [0.25, 0.3) is 11.0 Å². The molecule has 0 atom stereocenters. The number of anilines is 1. The smallest absolute Gasteiger partial charge is 0.226 e. The number of carbonyl (C=O) groups is 1. The summed E-state index contributed by atoms with van der Waals surface area (Å²) in [5.41, 5.74) is 1.52. The first kappa shape index (κ1) is 20.3. The predicted octanol–water partition coefficient (Wildman–Crippen LogP) is 5.70. The van der Waals surface area contributed by atoms with Crippen LogP contribution in [0, 0.1) is 24.0 Å². The molecule has 0 saturated heterocycles. The standard InChI is InChI=1S/C21H22ClF2N3O/c1-12-7-17-19(26-20(12)25-18(28)9-21(2,3)4)16(24)11-27(17)10-13-8-14(22)5-6-15(13)23/h5-8,11H,9-10H2,1-4H3,(H,25,26,28). The maximum atomic E-state index is 14.5. The van der Waals surface area contributed by atoms with Crippen molar-refractivity contribution in [2.75, 3.05) is 5.32 Å². The molecule has 28 heavy (non-hydrogen) atoms. The number of pyridine rings is 1. The Morgan fingerprint density at radius 1 is 1.21 bits per heavy atom. The number of fused-ring (bicyclic) bond motifs is 1. The zero-order chi connectivity index (χ0) is 20.6. The Hall–Kier alpha value is -2.47. The summed E-state index contributed by atoms with van der Waals surface area (Å²) in [4.78, 5) is 16.5. The molecule has 1 aromatic carbocycles. The van der Waals surface area contributed by atoms with Crippen LogP contribution < -0.4 is 5.32 Å². The van der Waals surface area contributed by atoms with Gasteiger partial charge in [0, 0.05) is 23.2 Å². The number of aromatic nitrogens is 2. The molecule has 3 rings (SSSR count). The molecule has 3 aromatic rings. The quantitative estimate of drug-likeness (QED) is 0.605. The second-order valence-electron chi connectivity index (χ2n) is 8.15. The Morgan fingerprint density at radius 2 is 1.93 bits per heavy atom. The summed E-state index contributed by atoms with van der Waals surface area (Å²) in [6.45, 7) is 7.79. The maximum absolute atomic E-state index is 14.5. The number of hydrogen-bond donors (Lipinski definition) is 1. The van der Waals surface area contributed by atoms with E-state index in [0.29, 0.717) is 33.9 Å². The molecular formula is C21H22ClF2N3O. The van der Waals surface area contributed by atoms with Crippen LogP contribution >= 0.6 is 11.6 Å². The maximum Gasteiger partial charge on any atom is 0.226 e. The van der Waals surface area contributed by atoms with E-state index >= 15 is 0 Å². The Morgan fingerprint density at radius 3 is 2.61 bits per heavy atom. The third-order valence-corrected chi connectivity index (χ3v) is 4.53. The van der Waals surface area contributed by atoms with Crippen LogP contribution in [0.2, 0.25) is 5.02 Å². The Balaban J connectivity index is 1.95. The van der Waals surface area contributed by atoms with Crippen molar-refractivity contribution >= 4 is 34.4 Å². The van der Waals surface area contributed by atoms with Crippen molar-refractivity contribution in [1.29, 1.82) is 0 Å². The summed E-state index contributed by atoms with van der Waals surface area (Å²) in [6.07, 6.45) is 1.60. The molecule has 1 N–H and O–H groups in total. The minimum Gasteiger partial charge on any atom is -0.339 e. The lowest BCUT2D eigenvalue weighted by atomic mass is 9.92. The van der Waals surface area contributed by atoms with E-state index in [2.05, 4.69) is 10.3 Å². The zero-order valence-electron chi connectivity index (χ0n) is 16.2. The van der Waals surface area contributed by atoms with Crippen LogP contribution in [0.4, 0.5) is 14.6 Å². The molecule has 1 amide bonds. The largest absolute Gasteiger partial charge is 0.339 e. The van der Waals surface area contributed by atoms with E-state index < -0.39 is 11.6 Å². The number of halogens is 3. The van der Waals surface area contributed by atoms with Gasteiger partial charge in [0.25, 0.3) is 0 Å². The van der Waals surface area contributed by atoms with Gasteiger partial charge in [0.15, 0.2) is 5.82 Å².